The van der Waals surface area contributed by atoms with Gasteiger partial charge in [0.25, 0.3) is 0 Å². The number of ketones is 1. The van der Waals surface area contributed by atoms with E-state index >= 15 is 0 Å². The molecule has 2 atom stereocenters. The van der Waals surface area contributed by atoms with Crippen LogP contribution in [-0.2, 0) is 9.53 Å². The van der Waals surface area contributed by atoms with E-state index < -0.39 is 0 Å². The Balaban J connectivity index is 0. The van der Waals surface area contributed by atoms with E-state index in [4.69, 9.17) is 10.5 Å². The number of carbonyl (C=O) groups excluding carboxylic acids is 1. The summed E-state index contributed by atoms with van der Waals surface area (Å²) in [6.07, 6.45) is 0. The largest absolute Gasteiger partial charge is 0.373 e. The van der Waals surface area contributed by atoms with E-state index in [0.29, 0.717) is 6.61 Å². The quantitative estimate of drug-likeness (QED) is 0.706. The first-order chi connectivity index (χ1) is 6.61. The third-order valence-electron chi connectivity index (χ3n) is 2.06. The van der Waals surface area contributed by atoms with Crippen LogP contribution in [0.5, 0.6) is 0 Å². The Morgan fingerprint density at radius 2 is 2.14 bits per heavy atom. The summed E-state index contributed by atoms with van der Waals surface area (Å²) in [6.45, 7) is 5.60. The molecule has 14 heavy (non-hydrogen) atoms. The summed E-state index contributed by atoms with van der Waals surface area (Å²) >= 11 is 0. The number of ether oxygens (including phenoxy) is 1. The van der Waals surface area contributed by atoms with E-state index in [-0.39, 0.29) is 25.8 Å². The zero-order valence-electron chi connectivity index (χ0n) is 9.62. The molecule has 0 bridgehead atoms. The van der Waals surface area contributed by atoms with E-state index in [9.17, 15) is 4.79 Å². The van der Waals surface area contributed by atoms with E-state index in [0.717, 1.165) is 6.54 Å². The Morgan fingerprint density at radius 1 is 1.57 bits per heavy atom. The molecule has 1 aliphatic rings. The summed E-state index contributed by atoms with van der Waals surface area (Å²) in [5.41, 5.74) is 5.71. The van der Waals surface area contributed by atoms with Crippen molar-refractivity contribution in [3.05, 3.63) is 0 Å². The molecule has 0 saturated carbocycles. The van der Waals surface area contributed by atoms with E-state index in [1.165, 1.54) is 0 Å². The average molecular weight is 204 g/mol. The Hall–Kier alpha value is -0.450. The first kappa shape index (κ1) is 13.5. The third kappa shape index (κ3) is 4.17. The van der Waals surface area contributed by atoms with Gasteiger partial charge in [0.05, 0.1) is 12.6 Å². The number of rotatable bonds is 2. The molecule has 0 aromatic heterocycles. The monoisotopic (exact) mass is 204 g/mol. The van der Waals surface area contributed by atoms with Crippen molar-refractivity contribution in [2.75, 3.05) is 33.9 Å². The van der Waals surface area contributed by atoms with Crippen molar-refractivity contribution < 1.29 is 11.0 Å². The molecular weight excluding hydrogens is 180 g/mol. The summed E-state index contributed by atoms with van der Waals surface area (Å²) in [6, 6.07) is -0.332. The van der Waals surface area contributed by atoms with Crippen LogP contribution < -0.4 is 5.73 Å². The highest BCUT2D eigenvalue weighted by Gasteiger charge is 2.29. The summed E-state index contributed by atoms with van der Waals surface area (Å²) in [4.78, 5) is 13.1. The Labute approximate surface area is 87.9 Å². The predicted molar refractivity (Wildman–Crippen MR) is 59.3 cm³/mol. The molecule has 0 aromatic rings. The van der Waals surface area contributed by atoms with Gasteiger partial charge >= 0.3 is 0 Å². The van der Waals surface area contributed by atoms with E-state index in [1.807, 2.05) is 32.8 Å². The molecule has 1 heterocycles. The minimum Gasteiger partial charge on any atom is -0.373 e. The summed E-state index contributed by atoms with van der Waals surface area (Å²) in [5, 5.41) is 0. The van der Waals surface area contributed by atoms with Crippen LogP contribution in [0.25, 0.3) is 0 Å². The van der Waals surface area contributed by atoms with Crippen LogP contribution in [0.3, 0.4) is 0 Å². The zero-order valence-corrected chi connectivity index (χ0v) is 9.62. The molecule has 86 valence electrons. The van der Waals surface area contributed by atoms with Crippen LogP contribution in [0.4, 0.5) is 0 Å². The van der Waals surface area contributed by atoms with Crippen LogP contribution in [0.1, 0.15) is 15.3 Å². The fraction of sp³-hybridized carbons (Fsp3) is 0.900. The lowest BCUT2D eigenvalue weighted by Gasteiger charge is -2.29. The van der Waals surface area contributed by atoms with Crippen molar-refractivity contribution in [2.24, 2.45) is 11.7 Å². The highest BCUT2D eigenvalue weighted by molar-refractivity contribution is 5.85. The SMILES string of the molecule is CC.CN(C)CC1COCC(=O)C1N.[HH]. The highest BCUT2D eigenvalue weighted by Crippen LogP contribution is 2.10. The zero-order chi connectivity index (χ0) is 11.1. The van der Waals surface area contributed by atoms with Gasteiger partial charge in [-0.2, -0.15) is 0 Å². The van der Waals surface area contributed by atoms with Crippen molar-refractivity contribution >= 4 is 5.78 Å². The fourth-order valence-electron chi connectivity index (χ4n) is 1.41. The molecule has 1 saturated heterocycles. The van der Waals surface area contributed by atoms with Gasteiger partial charge < -0.3 is 15.4 Å². The van der Waals surface area contributed by atoms with Gasteiger partial charge in [-0.25, -0.2) is 0 Å². The summed E-state index contributed by atoms with van der Waals surface area (Å²) < 4.78 is 5.11. The Morgan fingerprint density at radius 3 is 2.64 bits per heavy atom. The topological polar surface area (TPSA) is 55.6 Å². The molecule has 0 aromatic carbocycles. The second-order valence-corrected chi connectivity index (χ2v) is 3.53. The molecule has 0 amide bonds. The van der Waals surface area contributed by atoms with Crippen molar-refractivity contribution in [3.63, 3.8) is 0 Å². The van der Waals surface area contributed by atoms with Gasteiger partial charge in [0.1, 0.15) is 6.61 Å². The average Bonchev–Trinajstić information content (AvgIpc) is 2.16. The van der Waals surface area contributed by atoms with Gasteiger partial charge in [0, 0.05) is 13.9 Å². The predicted octanol–water partition coefficient (Wildman–Crippen LogP) is 0.363. The number of hydrogen-bond acceptors (Lipinski definition) is 4. The fourth-order valence-corrected chi connectivity index (χ4v) is 1.41. The first-order valence-electron chi connectivity index (χ1n) is 5.12. The molecule has 0 spiro atoms. The lowest BCUT2D eigenvalue weighted by Crippen LogP contribution is -2.50. The molecule has 0 radical (unpaired) electrons. The van der Waals surface area contributed by atoms with Gasteiger partial charge in [-0.15, -0.1) is 0 Å². The standard InChI is InChI=1S/C8H16N2O2.C2H6.H2/c1-10(2)3-6-4-12-5-7(11)8(6)9;1-2;/h6,8H,3-5,9H2,1-2H3;1-2H3;1H. The Bertz CT molecular complexity index is 177. The third-order valence-corrected chi connectivity index (χ3v) is 2.06. The van der Waals surface area contributed by atoms with Crippen molar-refractivity contribution in [2.45, 2.75) is 19.9 Å². The molecule has 2 N–H and O–H groups in total. The van der Waals surface area contributed by atoms with E-state index in [1.54, 1.807) is 0 Å². The smallest absolute Gasteiger partial charge is 0.175 e. The number of Topliss-reactive ketones (excluding diaryl/α,β-unsaturated/α-hetero) is 1. The van der Waals surface area contributed by atoms with Crippen LogP contribution in [0.2, 0.25) is 0 Å². The number of nitrogens with two attached hydrogens (primary N) is 1. The molecule has 1 aliphatic heterocycles. The van der Waals surface area contributed by atoms with Gasteiger partial charge in [0.2, 0.25) is 0 Å². The Kier molecular flexibility index (Phi) is 6.70. The molecular formula is C10H24N2O2. The molecule has 0 aliphatic carbocycles. The maximum atomic E-state index is 11.1. The van der Waals surface area contributed by atoms with Crippen LogP contribution in [-0.4, -0.2) is 50.6 Å². The maximum Gasteiger partial charge on any atom is 0.175 e. The van der Waals surface area contributed by atoms with Crippen molar-refractivity contribution in [3.8, 4) is 0 Å². The lowest BCUT2D eigenvalue weighted by atomic mass is 9.95. The second-order valence-electron chi connectivity index (χ2n) is 3.53. The van der Waals surface area contributed by atoms with Gasteiger partial charge in [-0.1, -0.05) is 13.8 Å². The highest BCUT2D eigenvalue weighted by atomic mass is 16.5. The van der Waals surface area contributed by atoms with E-state index in [2.05, 4.69) is 0 Å². The lowest BCUT2D eigenvalue weighted by molar-refractivity contribution is -0.132. The summed E-state index contributed by atoms with van der Waals surface area (Å²) in [5.74, 6) is 0.175. The van der Waals surface area contributed by atoms with Crippen LogP contribution >= 0.6 is 0 Å². The van der Waals surface area contributed by atoms with Gasteiger partial charge in [0.15, 0.2) is 5.78 Å². The second kappa shape index (κ2) is 6.92. The minimum absolute atomic E-state index is 0. The van der Waals surface area contributed by atoms with Crippen LogP contribution in [0, 0.1) is 5.92 Å². The van der Waals surface area contributed by atoms with Crippen LogP contribution in [0.15, 0.2) is 0 Å². The van der Waals surface area contributed by atoms with Gasteiger partial charge in [-0.3, -0.25) is 4.79 Å². The molecule has 4 nitrogen and oxygen atoms in total. The number of hydrogen-bond donors (Lipinski definition) is 1. The number of nitrogens with zero attached hydrogens (tertiary/aromatic N) is 1. The molecule has 1 rings (SSSR count). The molecule has 2 unspecified atom stereocenters. The summed E-state index contributed by atoms with van der Waals surface area (Å²) in [7, 11) is 3.93. The maximum absolute atomic E-state index is 11.1. The van der Waals surface area contributed by atoms with Crippen molar-refractivity contribution in [1.82, 2.24) is 4.90 Å². The van der Waals surface area contributed by atoms with Gasteiger partial charge in [-0.05, 0) is 14.1 Å². The first-order valence-corrected chi connectivity index (χ1v) is 5.12. The minimum atomic E-state index is -0.332. The molecule has 1 fully saturated rings. The van der Waals surface area contributed by atoms with Crippen molar-refractivity contribution in [1.29, 1.82) is 0 Å². The normalized spacial score (nSPS) is 27.1. The molecule has 4 heteroatoms. The number of carbonyl (C=O) groups is 1.